The molecule has 1 N–H and O–H groups in total. The van der Waals surface area contributed by atoms with E-state index >= 15 is 0 Å². The maximum atomic E-state index is 6.22. The molecule has 1 aliphatic heterocycles. The molecule has 2 heterocycles. The van der Waals surface area contributed by atoms with Gasteiger partial charge in [-0.2, -0.15) is 0 Å². The Morgan fingerprint density at radius 3 is 2.69 bits per heavy atom. The summed E-state index contributed by atoms with van der Waals surface area (Å²) in [4.78, 5) is 0. The topological polar surface area (TPSA) is 35.4 Å². The van der Waals surface area contributed by atoms with Crippen molar-refractivity contribution in [1.82, 2.24) is 9.88 Å². The molecule has 4 heteroatoms. The highest BCUT2D eigenvalue weighted by molar-refractivity contribution is 6.13. The zero-order chi connectivity index (χ0) is 19.8. The molecule has 4 aromatic rings. The normalized spacial score (nSPS) is 15.8. The van der Waals surface area contributed by atoms with E-state index in [-0.39, 0.29) is 6.04 Å². The minimum Gasteiger partial charge on any atom is -0.492 e. The summed E-state index contributed by atoms with van der Waals surface area (Å²) in [6.07, 6.45) is 0. The molecule has 4 nitrogen and oxygen atoms in total. The quantitative estimate of drug-likeness (QED) is 0.465. The first kappa shape index (κ1) is 18.1. The summed E-state index contributed by atoms with van der Waals surface area (Å²) in [6.45, 7) is 6.39. The fourth-order valence-electron chi connectivity index (χ4n) is 4.32. The van der Waals surface area contributed by atoms with Gasteiger partial charge in [-0.05, 0) is 23.8 Å². The molecule has 1 atom stereocenters. The lowest BCUT2D eigenvalue weighted by atomic mass is 10.1. The summed E-state index contributed by atoms with van der Waals surface area (Å²) in [6, 6.07) is 23.9. The van der Waals surface area contributed by atoms with Gasteiger partial charge < -0.3 is 19.4 Å². The molecular weight excluding hydrogens is 360 g/mol. The number of fused-ring (bicyclic) bond motifs is 3. The van der Waals surface area contributed by atoms with Crippen LogP contribution in [0, 0.1) is 0 Å². The highest BCUT2D eigenvalue weighted by Crippen LogP contribution is 2.44. The first-order valence-corrected chi connectivity index (χ1v) is 10.3. The van der Waals surface area contributed by atoms with E-state index in [0.29, 0.717) is 19.3 Å². The van der Waals surface area contributed by atoms with Crippen LogP contribution in [0.15, 0.2) is 66.7 Å². The van der Waals surface area contributed by atoms with Gasteiger partial charge >= 0.3 is 0 Å². The van der Waals surface area contributed by atoms with E-state index in [1.165, 1.54) is 21.9 Å². The smallest absolute Gasteiger partial charge is 0.143 e. The van der Waals surface area contributed by atoms with Crippen molar-refractivity contribution >= 4 is 21.8 Å². The number of hydrogen-bond acceptors (Lipinski definition) is 3. The zero-order valence-electron chi connectivity index (χ0n) is 16.9. The SMILES string of the molecule is CC(C)NCCOc1cccc2c1c1cccc3c1n2[C@@H](c1ccccc1)CO3. The van der Waals surface area contributed by atoms with Gasteiger partial charge in [0.05, 0.1) is 17.1 Å². The fraction of sp³-hybridized carbons (Fsp3) is 0.280. The van der Waals surface area contributed by atoms with Crippen molar-refractivity contribution < 1.29 is 9.47 Å². The van der Waals surface area contributed by atoms with Crippen molar-refractivity contribution in [1.29, 1.82) is 0 Å². The highest BCUT2D eigenvalue weighted by Gasteiger charge is 2.28. The molecule has 0 unspecified atom stereocenters. The molecule has 0 saturated heterocycles. The van der Waals surface area contributed by atoms with Gasteiger partial charge in [0.15, 0.2) is 0 Å². The second-order valence-corrected chi connectivity index (χ2v) is 7.87. The minimum atomic E-state index is 0.143. The molecule has 3 aromatic carbocycles. The first-order chi connectivity index (χ1) is 14.2. The van der Waals surface area contributed by atoms with Crippen molar-refractivity contribution in [3.8, 4) is 11.5 Å². The molecular formula is C25H26N2O2. The minimum absolute atomic E-state index is 0.143. The summed E-state index contributed by atoms with van der Waals surface area (Å²) in [7, 11) is 0. The summed E-state index contributed by atoms with van der Waals surface area (Å²) < 4.78 is 14.8. The fourth-order valence-corrected chi connectivity index (χ4v) is 4.32. The second kappa shape index (κ2) is 7.45. The third-order valence-corrected chi connectivity index (χ3v) is 5.58. The Labute approximate surface area is 171 Å². The van der Waals surface area contributed by atoms with E-state index in [4.69, 9.17) is 9.47 Å². The van der Waals surface area contributed by atoms with E-state index in [9.17, 15) is 0 Å². The van der Waals surface area contributed by atoms with E-state index in [2.05, 4.69) is 90.5 Å². The number of benzene rings is 3. The number of rotatable bonds is 6. The van der Waals surface area contributed by atoms with Gasteiger partial charge in [0.1, 0.15) is 24.7 Å². The number of nitrogens with zero attached hydrogens (tertiary/aromatic N) is 1. The monoisotopic (exact) mass is 386 g/mol. The molecule has 0 amide bonds. The Morgan fingerprint density at radius 1 is 1.03 bits per heavy atom. The van der Waals surface area contributed by atoms with Crippen LogP contribution in [0.5, 0.6) is 11.5 Å². The van der Waals surface area contributed by atoms with Crippen LogP contribution in [0.3, 0.4) is 0 Å². The molecule has 1 aliphatic rings. The molecule has 1 aromatic heterocycles. The molecule has 0 radical (unpaired) electrons. The van der Waals surface area contributed by atoms with Crippen LogP contribution in [-0.2, 0) is 0 Å². The average molecular weight is 386 g/mol. The van der Waals surface area contributed by atoms with Crippen LogP contribution in [0.1, 0.15) is 25.5 Å². The average Bonchev–Trinajstić information content (AvgIpc) is 3.09. The van der Waals surface area contributed by atoms with Crippen LogP contribution >= 0.6 is 0 Å². The van der Waals surface area contributed by atoms with Crippen molar-refractivity contribution in [2.24, 2.45) is 0 Å². The Hall–Kier alpha value is -2.98. The predicted octanol–water partition coefficient (Wildman–Crippen LogP) is 5.15. The van der Waals surface area contributed by atoms with Gasteiger partial charge in [0.25, 0.3) is 0 Å². The highest BCUT2D eigenvalue weighted by atomic mass is 16.5. The standard InChI is InChI=1S/C25H26N2O2/c1-17(2)26-14-15-28-22-12-7-11-20-24(22)19-10-6-13-23-25(19)27(20)21(16-29-23)18-8-4-3-5-9-18/h3-13,17,21,26H,14-16H2,1-2H3/t21-/m1/s1. The summed E-state index contributed by atoms with van der Waals surface area (Å²) in [5, 5.41) is 5.77. The lowest BCUT2D eigenvalue weighted by Gasteiger charge is -2.27. The zero-order valence-corrected chi connectivity index (χ0v) is 16.9. The van der Waals surface area contributed by atoms with Crippen molar-refractivity contribution in [3.63, 3.8) is 0 Å². The van der Waals surface area contributed by atoms with Gasteiger partial charge in [-0.25, -0.2) is 0 Å². The number of ether oxygens (including phenoxy) is 2. The third-order valence-electron chi connectivity index (χ3n) is 5.58. The second-order valence-electron chi connectivity index (χ2n) is 7.87. The lowest BCUT2D eigenvalue weighted by molar-refractivity contribution is 0.262. The molecule has 0 bridgehead atoms. The van der Waals surface area contributed by atoms with Gasteiger partial charge in [-0.3, -0.25) is 0 Å². The van der Waals surface area contributed by atoms with Gasteiger partial charge in [0, 0.05) is 23.4 Å². The van der Waals surface area contributed by atoms with Crippen LogP contribution in [0.2, 0.25) is 0 Å². The Morgan fingerprint density at radius 2 is 1.86 bits per heavy atom. The van der Waals surface area contributed by atoms with Crippen molar-refractivity contribution in [2.45, 2.75) is 25.9 Å². The molecule has 148 valence electrons. The van der Waals surface area contributed by atoms with Crippen molar-refractivity contribution in [2.75, 3.05) is 19.8 Å². The van der Waals surface area contributed by atoms with E-state index in [1.54, 1.807) is 0 Å². The third kappa shape index (κ3) is 3.14. The largest absolute Gasteiger partial charge is 0.492 e. The van der Waals surface area contributed by atoms with Gasteiger partial charge in [-0.15, -0.1) is 0 Å². The molecule has 0 aliphatic carbocycles. The van der Waals surface area contributed by atoms with E-state index < -0.39 is 0 Å². The van der Waals surface area contributed by atoms with Crippen LogP contribution in [0.25, 0.3) is 21.8 Å². The maximum Gasteiger partial charge on any atom is 0.143 e. The predicted molar refractivity (Wildman–Crippen MR) is 118 cm³/mol. The lowest BCUT2D eigenvalue weighted by Crippen LogP contribution is -2.27. The van der Waals surface area contributed by atoms with Crippen LogP contribution in [-0.4, -0.2) is 30.4 Å². The van der Waals surface area contributed by atoms with Gasteiger partial charge in [-0.1, -0.05) is 62.4 Å². The Bertz CT molecular complexity index is 1150. The Balaban J connectivity index is 1.65. The number of aromatic nitrogens is 1. The first-order valence-electron chi connectivity index (χ1n) is 10.3. The van der Waals surface area contributed by atoms with Crippen molar-refractivity contribution in [3.05, 3.63) is 72.3 Å². The molecule has 0 saturated carbocycles. The molecule has 0 fully saturated rings. The maximum absolute atomic E-state index is 6.22. The number of nitrogens with one attached hydrogen (secondary N) is 1. The summed E-state index contributed by atoms with van der Waals surface area (Å²) in [5.41, 5.74) is 3.60. The van der Waals surface area contributed by atoms with Crippen LogP contribution < -0.4 is 14.8 Å². The van der Waals surface area contributed by atoms with E-state index in [0.717, 1.165) is 23.6 Å². The Kier molecular flexibility index (Phi) is 4.64. The summed E-state index contributed by atoms with van der Waals surface area (Å²) >= 11 is 0. The van der Waals surface area contributed by atoms with Crippen LogP contribution in [0.4, 0.5) is 0 Å². The molecule has 5 rings (SSSR count). The summed E-state index contributed by atoms with van der Waals surface area (Å²) in [5.74, 6) is 1.88. The number of hydrogen-bond donors (Lipinski definition) is 1. The number of para-hydroxylation sites is 1. The van der Waals surface area contributed by atoms with Gasteiger partial charge in [0.2, 0.25) is 0 Å². The van der Waals surface area contributed by atoms with E-state index in [1.807, 2.05) is 0 Å². The molecule has 29 heavy (non-hydrogen) atoms. The molecule has 0 spiro atoms.